The van der Waals surface area contributed by atoms with Gasteiger partial charge in [-0.05, 0) is 57.0 Å². The van der Waals surface area contributed by atoms with E-state index in [0.717, 1.165) is 39.3 Å². The summed E-state index contributed by atoms with van der Waals surface area (Å²) >= 11 is 6.30. The van der Waals surface area contributed by atoms with Crippen LogP contribution in [0.2, 0.25) is 5.02 Å². The third-order valence-electron chi connectivity index (χ3n) is 5.38. The van der Waals surface area contributed by atoms with Gasteiger partial charge < -0.3 is 5.32 Å². The van der Waals surface area contributed by atoms with E-state index < -0.39 is 0 Å². The molecule has 0 aliphatic heterocycles. The Morgan fingerprint density at radius 3 is 2.57 bits per heavy atom. The first kappa shape index (κ1) is 20.0. The Bertz CT molecular complexity index is 1280. The molecule has 0 saturated carbocycles. The van der Waals surface area contributed by atoms with Crippen molar-refractivity contribution in [1.82, 2.24) is 19.6 Å². The molecule has 4 aromatic rings. The number of hydrogen-bond donors (Lipinski definition) is 1. The average Bonchev–Trinajstić information content (AvgIpc) is 3.13. The van der Waals surface area contributed by atoms with Crippen molar-refractivity contribution in [2.45, 2.75) is 34.1 Å². The summed E-state index contributed by atoms with van der Waals surface area (Å²) in [6, 6.07) is 13.3. The van der Waals surface area contributed by atoms with E-state index in [1.165, 1.54) is 0 Å². The van der Waals surface area contributed by atoms with Crippen LogP contribution < -0.4 is 5.32 Å². The SMILES string of the molecule is Cc1cccc(NC(=O)Cc2c(C)nc3nc(-c4ccccc4Cl)nn3c2C)c1C. The van der Waals surface area contributed by atoms with E-state index in [1.54, 1.807) is 10.6 Å². The van der Waals surface area contributed by atoms with Crippen molar-refractivity contribution < 1.29 is 4.79 Å². The topological polar surface area (TPSA) is 72.2 Å². The normalized spacial score (nSPS) is 11.1. The zero-order chi connectivity index (χ0) is 21.4. The molecule has 0 fully saturated rings. The molecule has 0 atom stereocenters. The molecule has 0 unspecified atom stereocenters. The van der Waals surface area contributed by atoms with Crippen LogP contribution in [-0.4, -0.2) is 25.5 Å². The van der Waals surface area contributed by atoms with Crippen LogP contribution >= 0.6 is 11.6 Å². The second kappa shape index (κ2) is 7.88. The van der Waals surface area contributed by atoms with E-state index in [0.29, 0.717) is 16.6 Å². The number of anilines is 1. The fourth-order valence-corrected chi connectivity index (χ4v) is 3.68. The molecule has 2 heterocycles. The highest BCUT2D eigenvalue weighted by Crippen LogP contribution is 2.26. The summed E-state index contributed by atoms with van der Waals surface area (Å²) in [4.78, 5) is 21.9. The summed E-state index contributed by atoms with van der Waals surface area (Å²) in [5.74, 6) is 0.897. The number of amides is 1. The van der Waals surface area contributed by atoms with E-state index in [9.17, 15) is 4.79 Å². The van der Waals surface area contributed by atoms with Gasteiger partial charge in [0.15, 0.2) is 5.82 Å². The molecule has 1 N–H and O–H groups in total. The van der Waals surface area contributed by atoms with Crippen molar-refractivity contribution in [1.29, 1.82) is 0 Å². The van der Waals surface area contributed by atoms with Gasteiger partial charge in [-0.2, -0.15) is 4.98 Å². The molecule has 152 valence electrons. The Hall–Kier alpha value is -3.25. The number of hydrogen-bond acceptors (Lipinski definition) is 4. The first-order chi connectivity index (χ1) is 14.3. The highest BCUT2D eigenvalue weighted by molar-refractivity contribution is 6.33. The van der Waals surface area contributed by atoms with Crippen LogP contribution in [-0.2, 0) is 11.2 Å². The molecule has 1 amide bonds. The van der Waals surface area contributed by atoms with Gasteiger partial charge in [0.25, 0.3) is 5.78 Å². The van der Waals surface area contributed by atoms with Crippen LogP contribution in [0.15, 0.2) is 42.5 Å². The molecule has 0 saturated heterocycles. The maximum absolute atomic E-state index is 12.8. The summed E-state index contributed by atoms with van der Waals surface area (Å²) in [6.45, 7) is 7.84. The quantitative estimate of drug-likeness (QED) is 0.512. The molecular weight excluding hydrogens is 398 g/mol. The number of nitrogens with one attached hydrogen (secondary N) is 1. The van der Waals surface area contributed by atoms with Gasteiger partial charge in [0, 0.05) is 28.2 Å². The lowest BCUT2D eigenvalue weighted by molar-refractivity contribution is -0.115. The molecule has 0 radical (unpaired) electrons. The standard InChI is InChI=1S/C23H22ClN5O/c1-13-8-7-11-20(14(13)2)26-21(30)12-18-15(3)25-23-27-22(28-29(23)16(18)4)17-9-5-6-10-19(17)24/h5-11H,12H2,1-4H3,(H,26,30). The maximum atomic E-state index is 12.8. The van der Waals surface area contributed by atoms with E-state index in [4.69, 9.17) is 11.6 Å². The van der Waals surface area contributed by atoms with Crippen LogP contribution in [0.5, 0.6) is 0 Å². The van der Waals surface area contributed by atoms with Gasteiger partial charge in [0.1, 0.15) is 0 Å². The molecule has 2 aromatic carbocycles. The Balaban J connectivity index is 1.67. The van der Waals surface area contributed by atoms with Crippen molar-refractivity contribution >= 4 is 29.0 Å². The fraction of sp³-hybridized carbons (Fsp3) is 0.217. The van der Waals surface area contributed by atoms with Crippen molar-refractivity contribution in [3.05, 3.63) is 75.6 Å². The third kappa shape index (κ3) is 3.66. The summed E-state index contributed by atoms with van der Waals surface area (Å²) in [5, 5.41) is 8.18. The summed E-state index contributed by atoms with van der Waals surface area (Å²) in [5.41, 5.74) is 6.20. The lowest BCUT2D eigenvalue weighted by Gasteiger charge is -2.13. The van der Waals surface area contributed by atoms with Crippen molar-refractivity contribution in [3.63, 3.8) is 0 Å². The van der Waals surface area contributed by atoms with Gasteiger partial charge in [-0.1, -0.05) is 35.9 Å². The van der Waals surface area contributed by atoms with Gasteiger partial charge >= 0.3 is 0 Å². The summed E-state index contributed by atoms with van der Waals surface area (Å²) in [6.07, 6.45) is 0.204. The average molecular weight is 420 g/mol. The van der Waals surface area contributed by atoms with Gasteiger partial charge in [-0.25, -0.2) is 9.50 Å². The van der Waals surface area contributed by atoms with E-state index >= 15 is 0 Å². The van der Waals surface area contributed by atoms with Crippen LogP contribution in [0.4, 0.5) is 5.69 Å². The van der Waals surface area contributed by atoms with Gasteiger partial charge in [0.05, 0.1) is 11.4 Å². The zero-order valence-electron chi connectivity index (χ0n) is 17.3. The number of benzene rings is 2. The lowest BCUT2D eigenvalue weighted by atomic mass is 10.1. The van der Waals surface area contributed by atoms with Crippen molar-refractivity contribution in [2.24, 2.45) is 0 Å². The lowest BCUT2D eigenvalue weighted by Crippen LogP contribution is -2.18. The van der Waals surface area contributed by atoms with Gasteiger partial charge in [0.2, 0.25) is 5.91 Å². The molecule has 0 aliphatic carbocycles. The minimum Gasteiger partial charge on any atom is -0.326 e. The number of carbonyl (C=O) groups is 1. The number of fused-ring (bicyclic) bond motifs is 1. The van der Waals surface area contributed by atoms with Crippen LogP contribution in [0.3, 0.4) is 0 Å². The molecular formula is C23H22ClN5O. The molecule has 4 rings (SSSR count). The van der Waals surface area contributed by atoms with Crippen molar-refractivity contribution in [2.75, 3.05) is 5.32 Å². The summed E-state index contributed by atoms with van der Waals surface area (Å²) < 4.78 is 1.67. The number of aromatic nitrogens is 4. The molecule has 7 heteroatoms. The Labute approximate surface area is 179 Å². The van der Waals surface area contributed by atoms with Gasteiger partial charge in [-0.3, -0.25) is 4.79 Å². The number of carbonyl (C=O) groups excluding carboxylic acids is 1. The molecule has 0 bridgehead atoms. The largest absolute Gasteiger partial charge is 0.326 e. The maximum Gasteiger partial charge on any atom is 0.253 e. The number of halogens is 1. The number of rotatable bonds is 4. The van der Waals surface area contributed by atoms with Crippen molar-refractivity contribution in [3.8, 4) is 11.4 Å². The van der Waals surface area contributed by atoms with E-state index in [1.807, 2.05) is 64.1 Å². The van der Waals surface area contributed by atoms with Gasteiger partial charge in [-0.15, -0.1) is 5.10 Å². The number of aryl methyl sites for hydroxylation is 3. The highest BCUT2D eigenvalue weighted by Gasteiger charge is 2.18. The second-order valence-electron chi connectivity index (χ2n) is 7.36. The van der Waals surface area contributed by atoms with Crippen LogP contribution in [0, 0.1) is 27.7 Å². The Kier molecular flexibility index (Phi) is 5.26. The third-order valence-corrected chi connectivity index (χ3v) is 5.71. The molecule has 2 aromatic heterocycles. The van der Waals surface area contributed by atoms with Crippen LogP contribution in [0.25, 0.3) is 17.2 Å². The van der Waals surface area contributed by atoms with E-state index in [2.05, 4.69) is 20.4 Å². The number of nitrogens with zero attached hydrogens (tertiary/aromatic N) is 4. The fourth-order valence-electron chi connectivity index (χ4n) is 3.46. The Morgan fingerprint density at radius 2 is 1.80 bits per heavy atom. The Morgan fingerprint density at radius 1 is 1.03 bits per heavy atom. The first-order valence-electron chi connectivity index (χ1n) is 9.69. The molecule has 0 aliphatic rings. The first-order valence-corrected chi connectivity index (χ1v) is 10.1. The molecule has 0 spiro atoms. The monoisotopic (exact) mass is 419 g/mol. The smallest absolute Gasteiger partial charge is 0.253 e. The van der Waals surface area contributed by atoms with Crippen LogP contribution in [0.1, 0.15) is 28.1 Å². The highest BCUT2D eigenvalue weighted by atomic mass is 35.5. The zero-order valence-corrected chi connectivity index (χ0v) is 18.1. The molecule has 6 nitrogen and oxygen atoms in total. The summed E-state index contributed by atoms with van der Waals surface area (Å²) in [7, 11) is 0. The predicted octanol–water partition coefficient (Wildman–Crippen LogP) is 4.86. The predicted molar refractivity (Wildman–Crippen MR) is 119 cm³/mol. The minimum atomic E-state index is -0.0949. The molecule has 30 heavy (non-hydrogen) atoms. The second-order valence-corrected chi connectivity index (χ2v) is 7.77. The minimum absolute atomic E-state index is 0.0949. The van der Waals surface area contributed by atoms with E-state index in [-0.39, 0.29) is 12.3 Å².